The second-order valence-electron chi connectivity index (χ2n) is 4.45. The number of hydrogen-bond acceptors (Lipinski definition) is 3. The first-order valence-electron chi connectivity index (χ1n) is 5.78. The summed E-state index contributed by atoms with van der Waals surface area (Å²) in [7, 11) is 0. The van der Waals surface area contributed by atoms with Crippen molar-refractivity contribution in [1.29, 1.82) is 0 Å². The zero-order valence-electron chi connectivity index (χ0n) is 10.2. The van der Waals surface area contributed by atoms with Gasteiger partial charge in [-0.25, -0.2) is 0 Å². The second-order valence-corrected chi connectivity index (χ2v) is 8.74. The molecule has 0 amide bonds. The Labute approximate surface area is 133 Å². The summed E-state index contributed by atoms with van der Waals surface area (Å²) < 4.78 is 2.30. The summed E-state index contributed by atoms with van der Waals surface area (Å²) in [4.78, 5) is 2.76. The van der Waals surface area contributed by atoms with Crippen LogP contribution in [0.1, 0.15) is 29.6 Å². The minimum Gasteiger partial charge on any atom is -0.304 e. The SMILES string of the molecule is CC(C)C(NCc1cc(Br)c(Br)s1)c1cccs1. The van der Waals surface area contributed by atoms with Crippen molar-refractivity contribution >= 4 is 54.5 Å². The molecule has 1 N–H and O–H groups in total. The van der Waals surface area contributed by atoms with Gasteiger partial charge in [-0.05, 0) is 55.3 Å². The quantitative estimate of drug-likeness (QED) is 0.656. The van der Waals surface area contributed by atoms with E-state index >= 15 is 0 Å². The minimum atomic E-state index is 0.435. The van der Waals surface area contributed by atoms with Gasteiger partial charge in [0.25, 0.3) is 0 Å². The van der Waals surface area contributed by atoms with Crippen LogP contribution in [-0.4, -0.2) is 0 Å². The molecule has 2 aromatic heterocycles. The third-order valence-corrected chi connectivity index (χ3v) is 6.92. The molecule has 0 aliphatic carbocycles. The molecule has 0 saturated heterocycles. The molecule has 2 aromatic rings. The lowest BCUT2D eigenvalue weighted by atomic mass is 10.0. The van der Waals surface area contributed by atoms with E-state index in [1.807, 2.05) is 11.3 Å². The van der Waals surface area contributed by atoms with Crippen molar-refractivity contribution in [2.24, 2.45) is 5.92 Å². The monoisotopic (exact) mass is 407 g/mol. The Morgan fingerprint density at radius 1 is 1.33 bits per heavy atom. The lowest BCUT2D eigenvalue weighted by molar-refractivity contribution is 0.418. The van der Waals surface area contributed by atoms with Crippen molar-refractivity contribution in [3.8, 4) is 0 Å². The highest BCUT2D eigenvalue weighted by molar-refractivity contribution is 9.13. The Kier molecular flexibility index (Phi) is 5.45. The standard InChI is InChI=1S/C13H15Br2NS2/c1-8(2)12(11-4-3-5-17-11)16-7-9-6-10(14)13(15)18-9/h3-6,8,12,16H,7H2,1-2H3. The van der Waals surface area contributed by atoms with Crippen molar-refractivity contribution in [2.75, 3.05) is 0 Å². The summed E-state index contributed by atoms with van der Waals surface area (Å²) in [6.45, 7) is 5.44. The average Bonchev–Trinajstić information content (AvgIpc) is 2.90. The third-order valence-electron chi connectivity index (χ3n) is 2.71. The number of hydrogen-bond donors (Lipinski definition) is 1. The molecule has 0 aromatic carbocycles. The lowest BCUT2D eigenvalue weighted by Crippen LogP contribution is -2.24. The zero-order chi connectivity index (χ0) is 13.1. The van der Waals surface area contributed by atoms with Crippen molar-refractivity contribution in [1.82, 2.24) is 5.32 Å². The minimum absolute atomic E-state index is 0.435. The maximum Gasteiger partial charge on any atom is 0.0843 e. The first-order chi connectivity index (χ1) is 8.58. The summed E-state index contributed by atoms with van der Waals surface area (Å²) >= 11 is 10.7. The Balaban J connectivity index is 2.02. The molecule has 18 heavy (non-hydrogen) atoms. The summed E-state index contributed by atoms with van der Waals surface area (Å²) in [5.74, 6) is 0.593. The molecule has 2 rings (SSSR count). The van der Waals surface area contributed by atoms with Crippen molar-refractivity contribution < 1.29 is 0 Å². The predicted molar refractivity (Wildman–Crippen MR) is 88.5 cm³/mol. The molecule has 1 unspecified atom stereocenters. The van der Waals surface area contributed by atoms with Gasteiger partial charge in [0.05, 0.1) is 3.79 Å². The highest BCUT2D eigenvalue weighted by Gasteiger charge is 2.16. The fraction of sp³-hybridized carbons (Fsp3) is 0.385. The fourth-order valence-corrected chi connectivity index (χ4v) is 4.92. The van der Waals surface area contributed by atoms with Gasteiger partial charge in [0.1, 0.15) is 0 Å². The van der Waals surface area contributed by atoms with Crippen LogP contribution in [0.3, 0.4) is 0 Å². The van der Waals surface area contributed by atoms with E-state index in [-0.39, 0.29) is 0 Å². The molecule has 0 bridgehead atoms. The number of thiophene rings is 2. The van der Waals surface area contributed by atoms with E-state index in [4.69, 9.17) is 0 Å². The number of nitrogens with one attached hydrogen (secondary N) is 1. The third kappa shape index (κ3) is 3.67. The first kappa shape index (κ1) is 14.7. The van der Waals surface area contributed by atoms with Gasteiger partial charge in [-0.15, -0.1) is 22.7 Å². The molecule has 0 saturated carbocycles. The van der Waals surface area contributed by atoms with Crippen LogP contribution in [0.25, 0.3) is 0 Å². The van der Waals surface area contributed by atoms with Gasteiger partial charge in [0.15, 0.2) is 0 Å². The second kappa shape index (κ2) is 6.66. The molecule has 0 aliphatic heterocycles. The van der Waals surface area contributed by atoms with Crippen LogP contribution in [0.2, 0.25) is 0 Å². The average molecular weight is 409 g/mol. The molecular weight excluding hydrogens is 394 g/mol. The zero-order valence-corrected chi connectivity index (χ0v) is 15.0. The molecule has 1 nitrogen and oxygen atoms in total. The maximum absolute atomic E-state index is 3.66. The Bertz CT molecular complexity index is 472. The van der Waals surface area contributed by atoms with E-state index in [1.54, 1.807) is 11.3 Å². The van der Waals surface area contributed by atoms with Crippen LogP contribution < -0.4 is 5.32 Å². The van der Waals surface area contributed by atoms with Gasteiger partial charge in [-0.2, -0.15) is 0 Å². The van der Waals surface area contributed by atoms with Gasteiger partial charge in [0, 0.05) is 26.8 Å². The Morgan fingerprint density at radius 2 is 2.11 bits per heavy atom. The van der Waals surface area contributed by atoms with Crippen LogP contribution in [0, 0.1) is 5.92 Å². The van der Waals surface area contributed by atoms with E-state index < -0.39 is 0 Å². The molecule has 5 heteroatoms. The van der Waals surface area contributed by atoms with Gasteiger partial charge in [-0.3, -0.25) is 0 Å². The van der Waals surface area contributed by atoms with Crippen molar-refractivity contribution in [3.05, 3.63) is 41.6 Å². The van der Waals surface area contributed by atoms with Gasteiger partial charge in [-0.1, -0.05) is 19.9 Å². The van der Waals surface area contributed by atoms with Gasteiger partial charge >= 0.3 is 0 Å². The molecule has 0 aliphatic rings. The topological polar surface area (TPSA) is 12.0 Å². The Morgan fingerprint density at radius 3 is 2.61 bits per heavy atom. The fourth-order valence-electron chi connectivity index (χ4n) is 1.82. The van der Waals surface area contributed by atoms with Crippen LogP contribution in [-0.2, 0) is 6.54 Å². The van der Waals surface area contributed by atoms with Crippen LogP contribution in [0.15, 0.2) is 31.8 Å². The van der Waals surface area contributed by atoms with Crippen molar-refractivity contribution in [3.63, 3.8) is 0 Å². The molecule has 1 atom stereocenters. The Hall–Kier alpha value is 0.320. The van der Waals surface area contributed by atoms with Crippen LogP contribution >= 0.6 is 54.5 Å². The summed E-state index contributed by atoms with van der Waals surface area (Å²) in [5, 5.41) is 5.80. The first-order valence-corrected chi connectivity index (χ1v) is 9.06. The van der Waals surface area contributed by atoms with Crippen LogP contribution in [0.4, 0.5) is 0 Å². The lowest BCUT2D eigenvalue weighted by Gasteiger charge is -2.20. The maximum atomic E-state index is 3.66. The molecule has 98 valence electrons. The smallest absolute Gasteiger partial charge is 0.0843 e. The largest absolute Gasteiger partial charge is 0.304 e. The number of halogens is 2. The summed E-state index contributed by atoms with van der Waals surface area (Å²) in [6, 6.07) is 6.94. The highest BCUT2D eigenvalue weighted by atomic mass is 79.9. The van der Waals surface area contributed by atoms with E-state index in [1.165, 1.54) is 9.75 Å². The molecular formula is C13H15Br2NS2. The normalized spacial score (nSPS) is 13.2. The molecule has 0 radical (unpaired) electrons. The summed E-state index contributed by atoms with van der Waals surface area (Å²) in [5.41, 5.74) is 0. The van der Waals surface area contributed by atoms with Crippen molar-refractivity contribution in [2.45, 2.75) is 26.4 Å². The molecule has 0 spiro atoms. The number of rotatable bonds is 5. The van der Waals surface area contributed by atoms with E-state index in [0.717, 1.165) is 14.8 Å². The van der Waals surface area contributed by atoms with E-state index in [9.17, 15) is 0 Å². The van der Waals surface area contributed by atoms with E-state index in [2.05, 4.69) is 74.6 Å². The predicted octanol–water partition coefficient (Wildman–Crippen LogP) is 5.82. The molecule has 2 heterocycles. The highest BCUT2D eigenvalue weighted by Crippen LogP contribution is 2.33. The summed E-state index contributed by atoms with van der Waals surface area (Å²) in [6.07, 6.45) is 0. The molecule has 0 fully saturated rings. The van der Waals surface area contributed by atoms with E-state index in [0.29, 0.717) is 12.0 Å². The van der Waals surface area contributed by atoms with Gasteiger partial charge in [0.2, 0.25) is 0 Å². The van der Waals surface area contributed by atoms with Gasteiger partial charge < -0.3 is 5.32 Å². The van der Waals surface area contributed by atoms with Crippen LogP contribution in [0.5, 0.6) is 0 Å².